The highest BCUT2D eigenvalue weighted by Crippen LogP contribution is 2.20. The second-order valence-electron chi connectivity index (χ2n) is 3.05. The molecule has 3 N–H and O–H groups in total. The summed E-state index contributed by atoms with van der Waals surface area (Å²) >= 11 is 3.13. The molecule has 4 heteroatoms. The van der Waals surface area contributed by atoms with E-state index in [1.165, 1.54) is 6.07 Å². The molecule has 0 heterocycles. The van der Waals surface area contributed by atoms with Crippen LogP contribution in [0.1, 0.15) is 11.6 Å². The zero-order valence-electron chi connectivity index (χ0n) is 8.13. The molecular formula is C11H12BrFN2. The van der Waals surface area contributed by atoms with Crippen LogP contribution in [0.15, 0.2) is 22.7 Å². The highest BCUT2D eigenvalue weighted by molar-refractivity contribution is 9.10. The smallest absolute Gasteiger partial charge is 0.137 e. The maximum Gasteiger partial charge on any atom is 0.137 e. The second kappa shape index (κ2) is 5.86. The number of nitrogens with one attached hydrogen (secondary N) is 1. The fourth-order valence-corrected chi connectivity index (χ4v) is 1.65. The lowest BCUT2D eigenvalue weighted by molar-refractivity contribution is 0.576. The average molecular weight is 271 g/mol. The SMILES string of the molecule is C#CCNC(CN)c1ccc(F)c(Br)c1. The monoisotopic (exact) mass is 270 g/mol. The lowest BCUT2D eigenvalue weighted by atomic mass is 10.1. The predicted octanol–water partition coefficient (Wildman–Crippen LogP) is 1.81. The molecule has 0 radical (unpaired) electrons. The van der Waals surface area contributed by atoms with E-state index in [0.29, 0.717) is 17.6 Å². The van der Waals surface area contributed by atoms with Gasteiger partial charge in [0.2, 0.25) is 0 Å². The number of rotatable bonds is 4. The zero-order chi connectivity index (χ0) is 11.3. The summed E-state index contributed by atoms with van der Waals surface area (Å²) in [6.45, 7) is 0.858. The van der Waals surface area contributed by atoms with E-state index in [0.717, 1.165) is 5.56 Å². The molecule has 0 aliphatic rings. The fraction of sp³-hybridized carbons (Fsp3) is 0.273. The van der Waals surface area contributed by atoms with E-state index < -0.39 is 0 Å². The molecule has 0 bridgehead atoms. The van der Waals surface area contributed by atoms with Crippen LogP contribution in [-0.4, -0.2) is 13.1 Å². The Morgan fingerprint density at radius 1 is 1.60 bits per heavy atom. The van der Waals surface area contributed by atoms with Gasteiger partial charge in [-0.3, -0.25) is 5.32 Å². The van der Waals surface area contributed by atoms with Gasteiger partial charge in [-0.25, -0.2) is 4.39 Å². The summed E-state index contributed by atoms with van der Waals surface area (Å²) in [5.41, 5.74) is 6.51. The molecule has 0 fully saturated rings. The minimum absolute atomic E-state index is 0.0436. The summed E-state index contributed by atoms with van der Waals surface area (Å²) in [6, 6.07) is 4.76. The van der Waals surface area contributed by atoms with Crippen molar-refractivity contribution in [3.05, 3.63) is 34.1 Å². The molecule has 1 rings (SSSR count). The van der Waals surface area contributed by atoms with Gasteiger partial charge >= 0.3 is 0 Å². The van der Waals surface area contributed by atoms with Crippen LogP contribution in [0.5, 0.6) is 0 Å². The molecule has 80 valence electrons. The molecule has 0 amide bonds. The van der Waals surface area contributed by atoms with Crippen LogP contribution in [0, 0.1) is 18.2 Å². The first-order valence-electron chi connectivity index (χ1n) is 4.51. The summed E-state index contributed by atoms with van der Waals surface area (Å²) in [4.78, 5) is 0. The van der Waals surface area contributed by atoms with Crippen molar-refractivity contribution in [1.29, 1.82) is 0 Å². The van der Waals surface area contributed by atoms with E-state index in [1.807, 2.05) is 0 Å². The van der Waals surface area contributed by atoms with E-state index in [2.05, 4.69) is 27.2 Å². The molecule has 0 aromatic heterocycles. The van der Waals surface area contributed by atoms with Crippen molar-refractivity contribution in [2.75, 3.05) is 13.1 Å². The highest BCUT2D eigenvalue weighted by atomic mass is 79.9. The third-order valence-electron chi connectivity index (χ3n) is 2.03. The molecular weight excluding hydrogens is 259 g/mol. The molecule has 1 atom stereocenters. The van der Waals surface area contributed by atoms with Gasteiger partial charge in [-0.15, -0.1) is 6.42 Å². The Bertz CT molecular complexity index is 373. The Morgan fingerprint density at radius 3 is 2.87 bits per heavy atom. The molecule has 15 heavy (non-hydrogen) atoms. The van der Waals surface area contributed by atoms with Crippen molar-refractivity contribution in [3.8, 4) is 12.3 Å². The minimum atomic E-state index is -0.286. The van der Waals surface area contributed by atoms with E-state index in [4.69, 9.17) is 12.2 Å². The summed E-state index contributed by atoms with van der Waals surface area (Å²) in [7, 11) is 0. The van der Waals surface area contributed by atoms with Gasteiger partial charge in [0.05, 0.1) is 11.0 Å². The summed E-state index contributed by atoms with van der Waals surface area (Å²) in [6.07, 6.45) is 5.14. The first kappa shape index (κ1) is 12.2. The van der Waals surface area contributed by atoms with Gasteiger partial charge < -0.3 is 5.73 Å². The van der Waals surface area contributed by atoms with E-state index >= 15 is 0 Å². The third-order valence-corrected chi connectivity index (χ3v) is 2.64. The second-order valence-corrected chi connectivity index (χ2v) is 3.90. The van der Waals surface area contributed by atoms with Crippen molar-refractivity contribution < 1.29 is 4.39 Å². The van der Waals surface area contributed by atoms with Crippen molar-refractivity contribution in [2.45, 2.75) is 6.04 Å². The fourth-order valence-electron chi connectivity index (χ4n) is 1.25. The molecule has 0 aliphatic carbocycles. The van der Waals surface area contributed by atoms with E-state index in [-0.39, 0.29) is 11.9 Å². The van der Waals surface area contributed by atoms with Crippen molar-refractivity contribution >= 4 is 15.9 Å². The van der Waals surface area contributed by atoms with Gasteiger partial charge in [-0.05, 0) is 33.6 Å². The van der Waals surface area contributed by atoms with Gasteiger partial charge in [0.25, 0.3) is 0 Å². The normalized spacial score (nSPS) is 12.1. The number of benzene rings is 1. The van der Waals surface area contributed by atoms with E-state index in [1.54, 1.807) is 12.1 Å². The minimum Gasteiger partial charge on any atom is -0.329 e. The van der Waals surface area contributed by atoms with Crippen LogP contribution in [0.3, 0.4) is 0 Å². The van der Waals surface area contributed by atoms with Crippen molar-refractivity contribution in [1.82, 2.24) is 5.32 Å². The lowest BCUT2D eigenvalue weighted by Gasteiger charge is -2.15. The standard InChI is InChI=1S/C11H12BrFN2/c1-2-5-15-11(7-14)8-3-4-10(13)9(12)6-8/h1,3-4,6,11,15H,5,7,14H2. The maximum absolute atomic E-state index is 13.0. The Morgan fingerprint density at radius 2 is 2.33 bits per heavy atom. The Balaban J connectivity index is 2.83. The van der Waals surface area contributed by atoms with Crippen molar-refractivity contribution in [2.24, 2.45) is 5.73 Å². The van der Waals surface area contributed by atoms with Crippen LogP contribution in [0.4, 0.5) is 4.39 Å². The third kappa shape index (κ3) is 3.31. The maximum atomic E-state index is 13.0. The van der Waals surface area contributed by atoms with Gasteiger partial charge in [0.1, 0.15) is 5.82 Å². The quantitative estimate of drug-likeness (QED) is 0.820. The molecule has 2 nitrogen and oxygen atoms in total. The molecule has 0 spiro atoms. The lowest BCUT2D eigenvalue weighted by Crippen LogP contribution is -2.28. The summed E-state index contributed by atoms with van der Waals surface area (Å²) < 4.78 is 13.4. The molecule has 1 aromatic carbocycles. The molecule has 0 saturated carbocycles. The average Bonchev–Trinajstić information content (AvgIpc) is 2.24. The highest BCUT2D eigenvalue weighted by Gasteiger charge is 2.09. The van der Waals surface area contributed by atoms with Crippen LogP contribution >= 0.6 is 15.9 Å². The number of hydrogen-bond donors (Lipinski definition) is 2. The van der Waals surface area contributed by atoms with Gasteiger partial charge in [-0.2, -0.15) is 0 Å². The van der Waals surface area contributed by atoms with Gasteiger partial charge in [-0.1, -0.05) is 12.0 Å². The van der Waals surface area contributed by atoms with Gasteiger partial charge in [0.15, 0.2) is 0 Å². The first-order chi connectivity index (χ1) is 7.19. The Hall–Kier alpha value is -0.890. The van der Waals surface area contributed by atoms with Crippen LogP contribution < -0.4 is 11.1 Å². The number of terminal acetylenes is 1. The number of hydrogen-bond acceptors (Lipinski definition) is 2. The van der Waals surface area contributed by atoms with Crippen LogP contribution in [-0.2, 0) is 0 Å². The Kier molecular flexibility index (Phi) is 4.76. The predicted molar refractivity (Wildman–Crippen MR) is 62.7 cm³/mol. The summed E-state index contributed by atoms with van der Waals surface area (Å²) in [5, 5.41) is 3.08. The molecule has 1 unspecified atom stereocenters. The first-order valence-corrected chi connectivity index (χ1v) is 5.30. The van der Waals surface area contributed by atoms with E-state index in [9.17, 15) is 4.39 Å². The number of nitrogens with two attached hydrogens (primary N) is 1. The Labute approximate surface area is 97.2 Å². The van der Waals surface area contributed by atoms with Crippen molar-refractivity contribution in [3.63, 3.8) is 0 Å². The molecule has 0 aliphatic heterocycles. The molecule has 1 aromatic rings. The topological polar surface area (TPSA) is 38.0 Å². The summed E-state index contributed by atoms with van der Waals surface area (Å²) in [5.74, 6) is 2.19. The zero-order valence-corrected chi connectivity index (χ0v) is 9.72. The van der Waals surface area contributed by atoms with Gasteiger partial charge in [0, 0.05) is 12.6 Å². The number of halogens is 2. The largest absolute Gasteiger partial charge is 0.329 e. The molecule has 0 saturated heterocycles. The van der Waals surface area contributed by atoms with Crippen LogP contribution in [0.2, 0.25) is 0 Å². The van der Waals surface area contributed by atoms with Crippen LogP contribution in [0.25, 0.3) is 0 Å².